The van der Waals surface area contributed by atoms with Crippen LogP contribution in [0.4, 0.5) is 5.82 Å². The van der Waals surface area contributed by atoms with Gasteiger partial charge in [-0.1, -0.05) is 60.7 Å². The molecule has 190 valence electrons. The van der Waals surface area contributed by atoms with Crippen LogP contribution in [0.25, 0.3) is 11.2 Å². The van der Waals surface area contributed by atoms with E-state index in [1.54, 1.807) is 54.6 Å². The zero-order valence-corrected chi connectivity index (χ0v) is 20.2. The summed E-state index contributed by atoms with van der Waals surface area (Å²) in [6.07, 6.45) is 0. The van der Waals surface area contributed by atoms with Gasteiger partial charge in [-0.3, -0.25) is 9.13 Å². The zero-order chi connectivity index (χ0) is 25.7. The Morgan fingerprint density at radius 3 is 2.28 bits per heavy atom. The van der Waals surface area contributed by atoms with E-state index in [1.807, 2.05) is 6.07 Å². The van der Waals surface area contributed by atoms with Crippen LogP contribution < -0.4 is 16.2 Å². The number of nitrogens with zero attached hydrogens (tertiary/aromatic N) is 3. The van der Waals surface area contributed by atoms with Crippen LogP contribution in [0.15, 0.2) is 65.5 Å². The number of H-pyrrole nitrogens is 1. The molecule has 0 aliphatic carbocycles. The Labute approximate surface area is 205 Å². The lowest BCUT2D eigenvalue weighted by Crippen LogP contribution is -2.27. The van der Waals surface area contributed by atoms with E-state index in [4.69, 9.17) is 19.9 Å². The fourth-order valence-corrected chi connectivity index (χ4v) is 4.60. The Kier molecular flexibility index (Phi) is 7.82. The average molecular weight is 515 g/mol. The maximum absolute atomic E-state index is 13.1. The van der Waals surface area contributed by atoms with Crippen LogP contribution in [0, 0.1) is 0 Å². The number of benzene rings is 2. The molecule has 0 radical (unpaired) electrons. The van der Waals surface area contributed by atoms with Crippen molar-refractivity contribution in [2.24, 2.45) is 0 Å². The smallest absolute Gasteiger partial charge is 0.358 e. The highest BCUT2D eigenvalue weighted by atomic mass is 31.2. The van der Waals surface area contributed by atoms with Gasteiger partial charge in [-0.15, -0.1) is 0 Å². The second-order valence-corrected chi connectivity index (χ2v) is 9.49. The van der Waals surface area contributed by atoms with Crippen LogP contribution in [0.2, 0.25) is 0 Å². The predicted molar refractivity (Wildman–Crippen MR) is 132 cm³/mol. The molecule has 13 heteroatoms. The maximum Gasteiger partial charge on any atom is 0.358 e. The first-order chi connectivity index (χ1) is 17.3. The minimum atomic E-state index is -4.71. The molecule has 2 aromatic carbocycles. The molecule has 12 nitrogen and oxygen atoms in total. The normalized spacial score (nSPS) is 13.5. The Balaban J connectivity index is 1.77. The van der Waals surface area contributed by atoms with Crippen molar-refractivity contribution in [1.29, 1.82) is 0 Å². The molecule has 2 heterocycles. The molecule has 2 atom stereocenters. The summed E-state index contributed by atoms with van der Waals surface area (Å²) in [6.45, 7) is 0.207. The van der Waals surface area contributed by atoms with Crippen molar-refractivity contribution >= 4 is 24.6 Å². The number of imidazole rings is 1. The summed E-state index contributed by atoms with van der Waals surface area (Å²) in [5.41, 5.74) is 6.83. The van der Waals surface area contributed by atoms with Gasteiger partial charge in [0, 0.05) is 7.11 Å². The fraction of sp³-hybridized carbons (Fsp3) is 0.261. The van der Waals surface area contributed by atoms with Crippen molar-refractivity contribution in [3.05, 3.63) is 82.3 Å². The topological polar surface area (TPSA) is 175 Å². The number of hydrogen-bond donors (Lipinski definition) is 4. The number of methoxy groups -OCH3 is 1. The van der Waals surface area contributed by atoms with Gasteiger partial charge >= 0.3 is 19.3 Å². The summed E-state index contributed by atoms with van der Waals surface area (Å²) in [7, 11) is -3.18. The first-order valence-electron chi connectivity index (χ1n) is 11.0. The van der Waals surface area contributed by atoms with Crippen LogP contribution >= 0.6 is 7.60 Å². The summed E-state index contributed by atoms with van der Waals surface area (Å²) in [5.74, 6) is -1.52. The monoisotopic (exact) mass is 515 g/mol. The van der Waals surface area contributed by atoms with Gasteiger partial charge in [0.15, 0.2) is 17.3 Å². The SMILES string of the molecule is COCCOc1nc(N)c2[nH]c(=O)n(C(COC(c3ccccc3)P(=O)(O)O)c3ccccc3)c2n1. The number of anilines is 1. The molecule has 5 N–H and O–H groups in total. The number of hydrogen-bond acceptors (Lipinski definition) is 8. The number of aromatic nitrogens is 4. The molecule has 0 fully saturated rings. The van der Waals surface area contributed by atoms with Crippen molar-refractivity contribution in [3.63, 3.8) is 0 Å². The maximum atomic E-state index is 13.1. The highest BCUT2D eigenvalue weighted by Crippen LogP contribution is 2.52. The van der Waals surface area contributed by atoms with E-state index in [1.165, 1.54) is 11.7 Å². The molecule has 0 bridgehead atoms. The van der Waals surface area contributed by atoms with E-state index < -0.39 is 25.2 Å². The third-order valence-electron chi connectivity index (χ3n) is 5.39. The van der Waals surface area contributed by atoms with Crippen LogP contribution in [-0.4, -0.2) is 56.2 Å². The zero-order valence-electron chi connectivity index (χ0n) is 19.4. The number of nitrogens with one attached hydrogen (secondary N) is 1. The lowest BCUT2D eigenvalue weighted by atomic mass is 10.1. The Morgan fingerprint density at radius 2 is 1.67 bits per heavy atom. The van der Waals surface area contributed by atoms with Gasteiger partial charge in [0.1, 0.15) is 12.1 Å². The second kappa shape index (κ2) is 11.0. The summed E-state index contributed by atoms with van der Waals surface area (Å²) >= 11 is 0. The Hall–Kier alpha value is -3.54. The van der Waals surface area contributed by atoms with Gasteiger partial charge < -0.3 is 34.7 Å². The van der Waals surface area contributed by atoms with E-state index in [2.05, 4.69) is 15.0 Å². The van der Waals surface area contributed by atoms with E-state index in [0.29, 0.717) is 17.7 Å². The van der Waals surface area contributed by atoms with Gasteiger partial charge in [-0.05, 0) is 11.1 Å². The lowest BCUT2D eigenvalue weighted by molar-refractivity contribution is 0.0693. The summed E-state index contributed by atoms with van der Waals surface area (Å²) in [4.78, 5) is 44.2. The Morgan fingerprint density at radius 1 is 1.03 bits per heavy atom. The molecule has 4 aromatic rings. The van der Waals surface area contributed by atoms with Crippen molar-refractivity contribution < 1.29 is 28.6 Å². The van der Waals surface area contributed by atoms with E-state index >= 15 is 0 Å². The number of rotatable bonds is 11. The van der Waals surface area contributed by atoms with Crippen molar-refractivity contribution in [2.45, 2.75) is 11.9 Å². The van der Waals surface area contributed by atoms with Crippen molar-refractivity contribution in [2.75, 3.05) is 32.7 Å². The molecule has 36 heavy (non-hydrogen) atoms. The first-order valence-corrected chi connectivity index (χ1v) is 12.6. The lowest BCUT2D eigenvalue weighted by Gasteiger charge is -2.24. The standard InChI is InChI=1S/C23H26N5O7P/c1-33-12-13-34-22-26-19(24)18-20(27-22)28(23(29)25-18)17(15-8-4-2-5-9-15)14-35-21(36(30,31)32)16-10-6-3-7-11-16/h2-11,17,21H,12-14H2,1H3,(H,25,29)(H2,24,26,27)(H2,30,31,32). The highest BCUT2D eigenvalue weighted by molar-refractivity contribution is 7.52. The number of nitrogen functional groups attached to an aromatic ring is 1. The molecule has 0 spiro atoms. The summed E-state index contributed by atoms with van der Waals surface area (Å²) in [5, 5.41) is 0. The number of ether oxygens (including phenoxy) is 3. The van der Waals surface area contributed by atoms with Crippen LogP contribution in [0.3, 0.4) is 0 Å². The van der Waals surface area contributed by atoms with Gasteiger partial charge in [0.25, 0.3) is 0 Å². The summed E-state index contributed by atoms with van der Waals surface area (Å²) in [6, 6.07) is 16.2. The summed E-state index contributed by atoms with van der Waals surface area (Å²) < 4.78 is 29.9. The molecule has 0 saturated carbocycles. The van der Waals surface area contributed by atoms with Crippen LogP contribution in [-0.2, 0) is 14.0 Å². The third-order valence-corrected chi connectivity index (χ3v) is 6.45. The van der Waals surface area contributed by atoms with Crippen LogP contribution in [0.1, 0.15) is 23.0 Å². The van der Waals surface area contributed by atoms with Gasteiger partial charge in [0.2, 0.25) is 0 Å². The van der Waals surface area contributed by atoms with Crippen molar-refractivity contribution in [1.82, 2.24) is 19.5 Å². The molecule has 0 amide bonds. The molecular weight excluding hydrogens is 489 g/mol. The fourth-order valence-electron chi connectivity index (χ4n) is 3.76. The molecule has 0 aliphatic heterocycles. The largest absolute Gasteiger partial charge is 0.461 e. The van der Waals surface area contributed by atoms with Gasteiger partial charge in [-0.25, -0.2) is 4.79 Å². The van der Waals surface area contributed by atoms with E-state index in [0.717, 1.165) is 0 Å². The minimum Gasteiger partial charge on any atom is -0.461 e. The molecule has 2 aromatic heterocycles. The molecule has 0 aliphatic rings. The second-order valence-electron chi connectivity index (χ2n) is 7.84. The molecular formula is C23H26N5O7P. The number of fused-ring (bicyclic) bond motifs is 1. The van der Waals surface area contributed by atoms with Gasteiger partial charge in [0.05, 0.1) is 19.3 Å². The number of aromatic amines is 1. The first kappa shape index (κ1) is 25.5. The van der Waals surface area contributed by atoms with Gasteiger partial charge in [-0.2, -0.15) is 9.97 Å². The average Bonchev–Trinajstić information content (AvgIpc) is 3.18. The van der Waals surface area contributed by atoms with E-state index in [9.17, 15) is 19.1 Å². The van der Waals surface area contributed by atoms with Crippen molar-refractivity contribution in [3.8, 4) is 6.01 Å². The quantitative estimate of drug-likeness (QED) is 0.171. The predicted octanol–water partition coefficient (Wildman–Crippen LogP) is 2.21. The Bertz CT molecular complexity index is 1410. The molecule has 2 unspecified atom stereocenters. The minimum absolute atomic E-state index is 0.00776. The van der Waals surface area contributed by atoms with E-state index in [-0.39, 0.29) is 36.2 Å². The third kappa shape index (κ3) is 5.64. The highest BCUT2D eigenvalue weighted by Gasteiger charge is 2.33. The molecule has 4 rings (SSSR count). The number of nitrogens with two attached hydrogens (primary N) is 1. The molecule has 0 saturated heterocycles. The van der Waals surface area contributed by atoms with Crippen LogP contribution in [0.5, 0.6) is 6.01 Å².